The smallest absolute Gasteiger partial charge is 0.225 e. The predicted molar refractivity (Wildman–Crippen MR) is 86.9 cm³/mol. The van der Waals surface area contributed by atoms with Gasteiger partial charge in [-0.15, -0.1) is 0 Å². The molecule has 1 atom stereocenters. The maximum absolute atomic E-state index is 11.9. The van der Waals surface area contributed by atoms with Gasteiger partial charge in [-0.3, -0.25) is 4.79 Å². The highest BCUT2D eigenvalue weighted by molar-refractivity contribution is 5.91. The first-order chi connectivity index (χ1) is 10.0. The minimum atomic E-state index is 0.00823. The lowest BCUT2D eigenvalue weighted by Crippen LogP contribution is -2.30. The molecule has 0 saturated carbocycles. The molecule has 0 aromatic heterocycles. The Hall–Kier alpha value is -1.59. The van der Waals surface area contributed by atoms with Crippen LogP contribution in [0.4, 0.5) is 5.69 Å². The molecule has 0 fully saturated rings. The lowest BCUT2D eigenvalue weighted by atomic mass is 10.2. The highest BCUT2D eigenvalue weighted by Crippen LogP contribution is 2.17. The van der Waals surface area contributed by atoms with E-state index in [9.17, 15) is 4.79 Å². The first kappa shape index (κ1) is 17.5. The third-order valence-electron chi connectivity index (χ3n) is 2.97. The molecule has 1 rings (SSSR count). The van der Waals surface area contributed by atoms with Crippen molar-refractivity contribution in [2.45, 2.75) is 26.3 Å². The average molecular weight is 293 g/mol. The van der Waals surface area contributed by atoms with E-state index in [-0.39, 0.29) is 11.9 Å². The Morgan fingerprint density at radius 2 is 2.14 bits per heavy atom. The lowest BCUT2D eigenvalue weighted by molar-refractivity contribution is -0.116. The van der Waals surface area contributed by atoms with E-state index in [1.807, 2.05) is 52.2 Å². The number of rotatable bonds is 9. The average Bonchev–Trinajstić information content (AvgIpc) is 2.38. The van der Waals surface area contributed by atoms with Gasteiger partial charge in [0.15, 0.2) is 0 Å². The number of amides is 1. The van der Waals surface area contributed by atoms with Crippen LogP contribution < -0.4 is 15.4 Å². The fourth-order valence-electron chi connectivity index (χ4n) is 1.92. The third-order valence-corrected chi connectivity index (χ3v) is 2.97. The van der Waals surface area contributed by atoms with Crippen LogP contribution in [0.1, 0.15) is 20.3 Å². The van der Waals surface area contributed by atoms with E-state index in [4.69, 9.17) is 4.74 Å². The summed E-state index contributed by atoms with van der Waals surface area (Å²) >= 11 is 0. The molecule has 21 heavy (non-hydrogen) atoms. The maximum Gasteiger partial charge on any atom is 0.225 e. The van der Waals surface area contributed by atoms with Crippen molar-refractivity contribution in [1.82, 2.24) is 10.2 Å². The molecule has 1 aromatic rings. The number of nitrogens with one attached hydrogen (secondary N) is 2. The second-order valence-electron chi connectivity index (χ2n) is 5.39. The number of ether oxygens (including phenoxy) is 1. The molecule has 0 heterocycles. The summed E-state index contributed by atoms with van der Waals surface area (Å²) in [5.41, 5.74) is 0.769. The number of benzene rings is 1. The molecule has 1 amide bonds. The molecule has 118 valence electrons. The molecule has 0 aliphatic carbocycles. The molecule has 0 saturated heterocycles. The summed E-state index contributed by atoms with van der Waals surface area (Å²) in [5.74, 6) is 0.781. The van der Waals surface area contributed by atoms with Crippen molar-refractivity contribution in [1.29, 1.82) is 0 Å². The van der Waals surface area contributed by atoms with E-state index in [0.717, 1.165) is 24.5 Å². The van der Waals surface area contributed by atoms with Gasteiger partial charge in [0, 0.05) is 30.8 Å². The molecule has 1 aromatic carbocycles. The molecular weight excluding hydrogens is 266 g/mol. The van der Waals surface area contributed by atoms with Crippen LogP contribution in [-0.4, -0.2) is 50.6 Å². The standard InChI is InChI=1S/C16H27N3O2/c1-5-17-13(2)11-16(20)18-14-7-6-8-15(12-14)21-10-9-19(3)4/h6-8,12-13,17H,5,9-11H2,1-4H3,(H,18,20). The number of nitrogens with zero attached hydrogens (tertiary/aromatic N) is 1. The SMILES string of the molecule is CCNC(C)CC(=O)Nc1cccc(OCCN(C)C)c1. The van der Waals surface area contributed by atoms with Crippen LogP contribution in [-0.2, 0) is 4.79 Å². The first-order valence-electron chi connectivity index (χ1n) is 7.42. The number of anilines is 1. The Kier molecular flexibility index (Phi) is 7.79. The summed E-state index contributed by atoms with van der Waals surface area (Å²) in [6.07, 6.45) is 0.458. The molecule has 0 spiro atoms. The van der Waals surface area contributed by atoms with Crippen LogP contribution in [0, 0.1) is 0 Å². The molecule has 0 bridgehead atoms. The summed E-state index contributed by atoms with van der Waals surface area (Å²) in [4.78, 5) is 14.0. The Labute approximate surface area is 127 Å². The molecular formula is C16H27N3O2. The maximum atomic E-state index is 11.9. The Bertz CT molecular complexity index is 435. The normalized spacial score (nSPS) is 12.2. The number of hydrogen-bond acceptors (Lipinski definition) is 4. The molecule has 0 radical (unpaired) electrons. The molecule has 2 N–H and O–H groups in total. The molecule has 5 heteroatoms. The van der Waals surface area contributed by atoms with Gasteiger partial charge in [-0.1, -0.05) is 13.0 Å². The summed E-state index contributed by atoms with van der Waals surface area (Å²) in [7, 11) is 4.01. The van der Waals surface area contributed by atoms with Gasteiger partial charge >= 0.3 is 0 Å². The highest BCUT2D eigenvalue weighted by atomic mass is 16.5. The van der Waals surface area contributed by atoms with E-state index in [2.05, 4.69) is 15.5 Å². The van der Waals surface area contributed by atoms with Crippen molar-refractivity contribution >= 4 is 11.6 Å². The van der Waals surface area contributed by atoms with Crippen molar-refractivity contribution in [2.24, 2.45) is 0 Å². The first-order valence-corrected chi connectivity index (χ1v) is 7.42. The summed E-state index contributed by atoms with van der Waals surface area (Å²) in [5, 5.41) is 6.12. The van der Waals surface area contributed by atoms with Crippen LogP contribution in [0.15, 0.2) is 24.3 Å². The molecule has 5 nitrogen and oxygen atoms in total. The number of hydrogen-bond donors (Lipinski definition) is 2. The zero-order valence-corrected chi connectivity index (χ0v) is 13.5. The van der Waals surface area contributed by atoms with Crippen molar-refractivity contribution in [2.75, 3.05) is 39.1 Å². The van der Waals surface area contributed by atoms with E-state index in [1.165, 1.54) is 0 Å². The van der Waals surface area contributed by atoms with E-state index < -0.39 is 0 Å². The van der Waals surface area contributed by atoms with Gasteiger partial charge in [0.1, 0.15) is 12.4 Å². The number of carbonyl (C=O) groups is 1. The lowest BCUT2D eigenvalue weighted by Gasteiger charge is -2.13. The van der Waals surface area contributed by atoms with Gasteiger partial charge in [0.05, 0.1) is 0 Å². The Morgan fingerprint density at radius 3 is 2.81 bits per heavy atom. The van der Waals surface area contributed by atoms with E-state index >= 15 is 0 Å². The quantitative estimate of drug-likeness (QED) is 0.731. The Morgan fingerprint density at radius 1 is 1.38 bits per heavy atom. The summed E-state index contributed by atoms with van der Waals surface area (Å²) < 4.78 is 5.65. The van der Waals surface area contributed by atoms with Gasteiger partial charge in [-0.2, -0.15) is 0 Å². The van der Waals surface area contributed by atoms with Gasteiger partial charge < -0.3 is 20.3 Å². The van der Waals surface area contributed by atoms with Crippen LogP contribution in [0.3, 0.4) is 0 Å². The van der Waals surface area contributed by atoms with Crippen LogP contribution >= 0.6 is 0 Å². The monoisotopic (exact) mass is 293 g/mol. The van der Waals surface area contributed by atoms with Gasteiger partial charge in [-0.05, 0) is 39.7 Å². The van der Waals surface area contributed by atoms with Crippen molar-refractivity contribution in [3.63, 3.8) is 0 Å². The number of carbonyl (C=O) groups excluding carboxylic acids is 1. The minimum Gasteiger partial charge on any atom is -0.492 e. The second-order valence-corrected chi connectivity index (χ2v) is 5.39. The summed E-state index contributed by atoms with van der Waals surface area (Å²) in [6.45, 7) is 6.38. The molecule has 0 aliphatic heterocycles. The highest BCUT2D eigenvalue weighted by Gasteiger charge is 2.08. The largest absolute Gasteiger partial charge is 0.492 e. The van der Waals surface area contributed by atoms with Crippen LogP contribution in [0.2, 0.25) is 0 Å². The predicted octanol–water partition coefficient (Wildman–Crippen LogP) is 1.95. The van der Waals surface area contributed by atoms with Gasteiger partial charge in [0.2, 0.25) is 5.91 Å². The van der Waals surface area contributed by atoms with Crippen molar-refractivity contribution < 1.29 is 9.53 Å². The topological polar surface area (TPSA) is 53.6 Å². The summed E-state index contributed by atoms with van der Waals surface area (Å²) in [6, 6.07) is 7.68. The van der Waals surface area contributed by atoms with Crippen molar-refractivity contribution in [3.05, 3.63) is 24.3 Å². The number of likely N-dealkylation sites (N-methyl/N-ethyl adjacent to an activating group) is 1. The zero-order chi connectivity index (χ0) is 15.7. The van der Waals surface area contributed by atoms with Crippen LogP contribution in [0.25, 0.3) is 0 Å². The van der Waals surface area contributed by atoms with Crippen LogP contribution in [0.5, 0.6) is 5.75 Å². The van der Waals surface area contributed by atoms with Gasteiger partial charge in [-0.25, -0.2) is 0 Å². The second kappa shape index (κ2) is 9.37. The Balaban J connectivity index is 2.46. The molecule has 1 unspecified atom stereocenters. The third kappa shape index (κ3) is 7.68. The minimum absolute atomic E-state index is 0.00823. The fraction of sp³-hybridized carbons (Fsp3) is 0.562. The molecule has 0 aliphatic rings. The van der Waals surface area contributed by atoms with Gasteiger partial charge in [0.25, 0.3) is 0 Å². The van der Waals surface area contributed by atoms with Crippen molar-refractivity contribution in [3.8, 4) is 5.75 Å². The zero-order valence-electron chi connectivity index (χ0n) is 13.5. The van der Waals surface area contributed by atoms with E-state index in [0.29, 0.717) is 13.0 Å². The fourth-order valence-corrected chi connectivity index (χ4v) is 1.92. The van der Waals surface area contributed by atoms with E-state index in [1.54, 1.807) is 0 Å².